The quantitative estimate of drug-likeness (QED) is 0.656. The molecule has 5 nitrogen and oxygen atoms in total. The summed E-state index contributed by atoms with van der Waals surface area (Å²) >= 11 is 0. The van der Waals surface area contributed by atoms with Gasteiger partial charge < -0.3 is 23.8 Å². The topological polar surface area (TPSA) is 41.4 Å². The van der Waals surface area contributed by atoms with Crippen LogP contribution < -0.4 is 14.4 Å². The summed E-state index contributed by atoms with van der Waals surface area (Å²) in [6.45, 7) is 11.0. The Morgan fingerprint density at radius 1 is 1.09 bits per heavy atom. The molecular weight excluding hydrogens is 294 g/mol. The molecule has 0 aliphatic carbocycles. The molecule has 0 amide bonds. The normalized spacial score (nSPS) is 17.0. The van der Waals surface area contributed by atoms with E-state index in [1.165, 1.54) is 0 Å². The van der Waals surface area contributed by atoms with Gasteiger partial charge in [0.2, 0.25) is 0 Å². The highest BCUT2D eigenvalue weighted by Gasteiger charge is 2.13. The van der Waals surface area contributed by atoms with Crippen LogP contribution in [0.15, 0.2) is 24.3 Å². The molecular formula is C18H30NO4+. The minimum Gasteiger partial charge on any atom is -0.487 e. The summed E-state index contributed by atoms with van der Waals surface area (Å²) in [6, 6.07) is 7.81. The molecule has 1 atom stereocenters. The number of rotatable bonds is 10. The Morgan fingerprint density at radius 3 is 2.57 bits per heavy atom. The SMILES string of the molecule is CC[C@H](C)Oc1ccccc1OCCOCC[NH+]1CCOCC1. The van der Waals surface area contributed by atoms with Gasteiger partial charge in [0.15, 0.2) is 11.5 Å². The zero-order valence-electron chi connectivity index (χ0n) is 14.4. The molecule has 0 saturated carbocycles. The predicted molar refractivity (Wildman–Crippen MR) is 89.5 cm³/mol. The highest BCUT2D eigenvalue weighted by atomic mass is 16.5. The number of morpholine rings is 1. The lowest BCUT2D eigenvalue weighted by Crippen LogP contribution is -3.14. The molecule has 0 unspecified atom stereocenters. The number of ether oxygens (including phenoxy) is 4. The van der Waals surface area contributed by atoms with E-state index < -0.39 is 0 Å². The molecule has 23 heavy (non-hydrogen) atoms. The molecule has 1 aliphatic rings. The molecule has 1 heterocycles. The zero-order chi connectivity index (χ0) is 16.3. The summed E-state index contributed by atoms with van der Waals surface area (Å²) in [7, 11) is 0. The van der Waals surface area contributed by atoms with Crippen LogP contribution in [0.1, 0.15) is 20.3 Å². The van der Waals surface area contributed by atoms with Crippen molar-refractivity contribution in [3.8, 4) is 11.5 Å². The molecule has 0 aromatic heterocycles. The second kappa shape index (κ2) is 10.5. The third-order valence-electron chi connectivity index (χ3n) is 4.04. The second-order valence-electron chi connectivity index (χ2n) is 5.86. The summed E-state index contributed by atoms with van der Waals surface area (Å²) in [6.07, 6.45) is 1.16. The van der Waals surface area contributed by atoms with Gasteiger partial charge in [-0.15, -0.1) is 0 Å². The van der Waals surface area contributed by atoms with Crippen molar-refractivity contribution >= 4 is 0 Å². The molecule has 130 valence electrons. The molecule has 1 aliphatic heterocycles. The maximum Gasteiger partial charge on any atom is 0.161 e. The van der Waals surface area contributed by atoms with Crippen molar-refractivity contribution in [2.45, 2.75) is 26.4 Å². The average Bonchev–Trinajstić information content (AvgIpc) is 2.60. The van der Waals surface area contributed by atoms with Gasteiger partial charge in [-0.25, -0.2) is 0 Å². The third kappa shape index (κ3) is 6.77. The van der Waals surface area contributed by atoms with E-state index in [1.807, 2.05) is 24.3 Å². The van der Waals surface area contributed by atoms with Gasteiger partial charge in [-0.3, -0.25) is 0 Å². The summed E-state index contributed by atoms with van der Waals surface area (Å²) in [5.74, 6) is 1.59. The number of hydrogen-bond acceptors (Lipinski definition) is 4. The van der Waals surface area contributed by atoms with Crippen LogP contribution >= 0.6 is 0 Å². The smallest absolute Gasteiger partial charge is 0.161 e. The minimum atomic E-state index is 0.187. The number of para-hydroxylation sites is 2. The first-order valence-electron chi connectivity index (χ1n) is 8.67. The van der Waals surface area contributed by atoms with Crippen molar-refractivity contribution < 1.29 is 23.8 Å². The summed E-state index contributed by atoms with van der Waals surface area (Å²) < 4.78 is 22.7. The van der Waals surface area contributed by atoms with Gasteiger partial charge in [-0.2, -0.15) is 0 Å². The van der Waals surface area contributed by atoms with E-state index in [2.05, 4.69) is 13.8 Å². The molecule has 1 saturated heterocycles. The van der Waals surface area contributed by atoms with E-state index in [-0.39, 0.29) is 6.10 Å². The van der Waals surface area contributed by atoms with Gasteiger partial charge in [0, 0.05) is 0 Å². The molecule has 0 spiro atoms. The summed E-state index contributed by atoms with van der Waals surface area (Å²) in [5, 5.41) is 0. The van der Waals surface area contributed by atoms with Crippen molar-refractivity contribution in [1.82, 2.24) is 0 Å². The van der Waals surface area contributed by atoms with Crippen LogP contribution in [0.5, 0.6) is 11.5 Å². The van der Waals surface area contributed by atoms with E-state index in [0.717, 1.165) is 57.4 Å². The minimum absolute atomic E-state index is 0.187. The van der Waals surface area contributed by atoms with Crippen LogP contribution in [0, 0.1) is 0 Å². The fourth-order valence-electron chi connectivity index (χ4n) is 2.41. The molecule has 1 fully saturated rings. The van der Waals surface area contributed by atoms with E-state index >= 15 is 0 Å². The Kier molecular flexibility index (Phi) is 8.21. The molecule has 1 aromatic carbocycles. The van der Waals surface area contributed by atoms with E-state index in [1.54, 1.807) is 4.90 Å². The lowest BCUT2D eigenvalue weighted by Gasteiger charge is -2.23. The van der Waals surface area contributed by atoms with Gasteiger partial charge in [-0.1, -0.05) is 19.1 Å². The van der Waals surface area contributed by atoms with Crippen LogP contribution in [-0.4, -0.2) is 58.8 Å². The van der Waals surface area contributed by atoms with Gasteiger partial charge in [-0.05, 0) is 25.5 Å². The van der Waals surface area contributed by atoms with Crippen LogP contribution in [0.2, 0.25) is 0 Å². The van der Waals surface area contributed by atoms with Crippen LogP contribution in [0.3, 0.4) is 0 Å². The Balaban J connectivity index is 1.62. The van der Waals surface area contributed by atoms with Crippen LogP contribution in [0.25, 0.3) is 0 Å². The first-order chi connectivity index (χ1) is 11.3. The van der Waals surface area contributed by atoms with Crippen molar-refractivity contribution in [2.75, 3.05) is 52.7 Å². The second-order valence-corrected chi connectivity index (χ2v) is 5.86. The van der Waals surface area contributed by atoms with E-state index in [4.69, 9.17) is 18.9 Å². The van der Waals surface area contributed by atoms with Gasteiger partial charge in [0.05, 0.1) is 32.5 Å². The number of hydrogen-bond donors (Lipinski definition) is 1. The Hall–Kier alpha value is -1.30. The Labute approximate surface area is 139 Å². The fourth-order valence-corrected chi connectivity index (χ4v) is 2.41. The maximum atomic E-state index is 5.87. The van der Waals surface area contributed by atoms with Gasteiger partial charge in [0.1, 0.15) is 26.2 Å². The predicted octanol–water partition coefficient (Wildman–Crippen LogP) is 1.17. The third-order valence-corrected chi connectivity index (χ3v) is 4.04. The molecule has 2 rings (SSSR count). The maximum absolute atomic E-state index is 5.87. The van der Waals surface area contributed by atoms with Crippen molar-refractivity contribution in [2.24, 2.45) is 0 Å². The van der Waals surface area contributed by atoms with Crippen LogP contribution in [-0.2, 0) is 9.47 Å². The monoisotopic (exact) mass is 324 g/mol. The van der Waals surface area contributed by atoms with Crippen molar-refractivity contribution in [3.63, 3.8) is 0 Å². The van der Waals surface area contributed by atoms with Crippen molar-refractivity contribution in [3.05, 3.63) is 24.3 Å². The molecule has 0 bridgehead atoms. The molecule has 1 N–H and O–H groups in total. The highest BCUT2D eigenvalue weighted by Crippen LogP contribution is 2.27. The summed E-state index contributed by atoms with van der Waals surface area (Å²) in [5.41, 5.74) is 0. The largest absolute Gasteiger partial charge is 0.487 e. The van der Waals surface area contributed by atoms with Crippen molar-refractivity contribution in [1.29, 1.82) is 0 Å². The van der Waals surface area contributed by atoms with Crippen LogP contribution in [0.4, 0.5) is 0 Å². The number of nitrogens with one attached hydrogen (secondary N) is 1. The number of benzene rings is 1. The highest BCUT2D eigenvalue weighted by molar-refractivity contribution is 5.39. The van der Waals surface area contributed by atoms with Gasteiger partial charge >= 0.3 is 0 Å². The number of quaternary nitrogens is 1. The first-order valence-corrected chi connectivity index (χ1v) is 8.67. The average molecular weight is 324 g/mol. The molecule has 5 heteroatoms. The van der Waals surface area contributed by atoms with Gasteiger partial charge in [0.25, 0.3) is 0 Å². The lowest BCUT2D eigenvalue weighted by atomic mass is 10.3. The standard InChI is InChI=1S/C18H29NO4/c1-3-16(2)23-18-7-5-4-6-17(18)22-15-14-21-13-10-19-8-11-20-12-9-19/h4-7,16H,3,8-15H2,1-2H3/p+1/t16-/m0/s1. The Bertz CT molecular complexity index is 435. The van der Waals surface area contributed by atoms with E-state index in [9.17, 15) is 0 Å². The fraction of sp³-hybridized carbons (Fsp3) is 0.667. The lowest BCUT2D eigenvalue weighted by molar-refractivity contribution is -0.908. The summed E-state index contributed by atoms with van der Waals surface area (Å²) in [4.78, 5) is 1.56. The molecule has 1 aromatic rings. The van der Waals surface area contributed by atoms with E-state index in [0.29, 0.717) is 13.2 Å². The Morgan fingerprint density at radius 2 is 1.83 bits per heavy atom. The zero-order valence-corrected chi connectivity index (χ0v) is 14.4. The first kappa shape index (κ1) is 18.0. The molecule has 0 radical (unpaired) electrons.